The summed E-state index contributed by atoms with van der Waals surface area (Å²) in [5.41, 5.74) is 11.9. The van der Waals surface area contributed by atoms with Crippen LogP contribution < -0.4 is 11.5 Å². The maximum atomic E-state index is 9.44. The lowest BCUT2D eigenvalue weighted by molar-refractivity contribution is 0.0948. The first-order valence-corrected chi connectivity index (χ1v) is 5.44. The molecule has 0 amide bonds. The zero-order chi connectivity index (χ0) is 11.0. The summed E-state index contributed by atoms with van der Waals surface area (Å²) in [7, 11) is 0. The van der Waals surface area contributed by atoms with Gasteiger partial charge in [-0.15, -0.1) is 11.3 Å². The predicted molar refractivity (Wildman–Crippen MR) is 61.1 cm³/mol. The van der Waals surface area contributed by atoms with E-state index in [4.69, 9.17) is 11.5 Å². The summed E-state index contributed by atoms with van der Waals surface area (Å²) in [6.07, 6.45) is 0. The van der Waals surface area contributed by atoms with Crippen LogP contribution >= 0.6 is 11.3 Å². The fourth-order valence-corrected chi connectivity index (χ4v) is 2.14. The number of thiophene rings is 1. The number of nitrogen functional groups attached to an aromatic ring is 1. The normalized spacial score (nSPS) is 16.6. The Bertz CT molecular complexity index is 316. The molecule has 1 heterocycles. The van der Waals surface area contributed by atoms with Gasteiger partial charge in [-0.25, -0.2) is 0 Å². The third-order valence-corrected chi connectivity index (χ3v) is 3.51. The lowest BCUT2D eigenvalue weighted by atomic mass is 9.71. The van der Waals surface area contributed by atoms with E-state index in [1.54, 1.807) is 0 Å². The van der Waals surface area contributed by atoms with Crippen LogP contribution in [0, 0.1) is 5.41 Å². The summed E-state index contributed by atoms with van der Waals surface area (Å²) in [5, 5.41) is 12.0. The summed E-state index contributed by atoms with van der Waals surface area (Å²) in [4.78, 5) is 0. The van der Waals surface area contributed by atoms with Crippen LogP contribution in [0.2, 0.25) is 0 Å². The number of hydrogen-bond acceptors (Lipinski definition) is 4. The Hall–Kier alpha value is -0.580. The quantitative estimate of drug-likeness (QED) is 0.699. The fourth-order valence-electron chi connectivity index (χ4n) is 1.42. The van der Waals surface area contributed by atoms with Crippen LogP contribution in [0.3, 0.4) is 0 Å². The number of anilines is 1. The van der Waals surface area contributed by atoms with E-state index in [0.717, 1.165) is 5.56 Å². The molecule has 0 aliphatic rings. The Kier molecular flexibility index (Phi) is 2.90. The van der Waals surface area contributed by atoms with Crippen molar-refractivity contribution < 1.29 is 5.11 Å². The van der Waals surface area contributed by atoms with Gasteiger partial charge in [0.05, 0.1) is 17.1 Å². The van der Waals surface area contributed by atoms with Crippen molar-refractivity contribution in [2.75, 3.05) is 12.3 Å². The van der Waals surface area contributed by atoms with Crippen LogP contribution in [-0.4, -0.2) is 11.7 Å². The zero-order valence-corrected chi connectivity index (χ0v) is 9.69. The molecule has 3 nitrogen and oxygen atoms in total. The molecule has 1 atom stereocenters. The highest BCUT2D eigenvalue weighted by Crippen LogP contribution is 2.40. The highest BCUT2D eigenvalue weighted by molar-refractivity contribution is 7.14. The molecule has 0 saturated carbocycles. The van der Waals surface area contributed by atoms with Gasteiger partial charge in [-0.1, -0.05) is 20.8 Å². The maximum absolute atomic E-state index is 9.44. The number of aliphatic hydroxyl groups excluding tert-OH is 1. The van der Waals surface area contributed by atoms with Crippen molar-refractivity contribution in [2.45, 2.75) is 26.3 Å². The SMILES string of the molecule is CC(C)(C)C(N)(CO)c1ccsc1N. The molecule has 14 heavy (non-hydrogen) atoms. The third kappa shape index (κ3) is 1.65. The molecule has 0 fully saturated rings. The van der Waals surface area contributed by atoms with Crippen molar-refractivity contribution in [3.8, 4) is 0 Å². The molecule has 0 saturated heterocycles. The molecule has 1 unspecified atom stereocenters. The second-order valence-electron chi connectivity index (χ2n) is 4.58. The van der Waals surface area contributed by atoms with E-state index < -0.39 is 5.54 Å². The molecule has 0 radical (unpaired) electrons. The van der Waals surface area contributed by atoms with Crippen LogP contribution in [0.25, 0.3) is 0 Å². The first-order chi connectivity index (χ1) is 6.33. The summed E-state index contributed by atoms with van der Waals surface area (Å²) >= 11 is 1.45. The van der Waals surface area contributed by atoms with Crippen LogP contribution in [0.4, 0.5) is 5.00 Å². The lowest BCUT2D eigenvalue weighted by Crippen LogP contribution is -2.51. The molecule has 5 N–H and O–H groups in total. The molecule has 1 rings (SSSR count). The monoisotopic (exact) mass is 214 g/mol. The summed E-state index contributed by atoms with van der Waals surface area (Å²) in [6, 6.07) is 1.89. The van der Waals surface area contributed by atoms with Crippen LogP contribution in [-0.2, 0) is 5.54 Å². The van der Waals surface area contributed by atoms with Crippen LogP contribution in [0.5, 0.6) is 0 Å². The average Bonchev–Trinajstić information content (AvgIpc) is 2.48. The molecule has 0 bridgehead atoms. The van der Waals surface area contributed by atoms with Gasteiger partial charge in [0.1, 0.15) is 0 Å². The van der Waals surface area contributed by atoms with Gasteiger partial charge in [0.15, 0.2) is 0 Å². The summed E-state index contributed by atoms with van der Waals surface area (Å²) in [6.45, 7) is 5.90. The Balaban J connectivity index is 3.22. The van der Waals surface area contributed by atoms with Crippen molar-refractivity contribution in [3.63, 3.8) is 0 Å². The highest BCUT2D eigenvalue weighted by Gasteiger charge is 2.40. The van der Waals surface area contributed by atoms with Gasteiger partial charge < -0.3 is 16.6 Å². The third-order valence-electron chi connectivity index (χ3n) is 2.76. The molecule has 80 valence electrons. The van der Waals surface area contributed by atoms with E-state index >= 15 is 0 Å². The molecular weight excluding hydrogens is 196 g/mol. The predicted octanol–water partition coefficient (Wildman–Crippen LogP) is 1.52. The van der Waals surface area contributed by atoms with Gasteiger partial charge in [-0.3, -0.25) is 0 Å². The summed E-state index contributed by atoms with van der Waals surface area (Å²) in [5.74, 6) is 0. The molecule has 0 aliphatic carbocycles. The van der Waals surface area contributed by atoms with Gasteiger partial charge in [0, 0.05) is 5.56 Å². The van der Waals surface area contributed by atoms with E-state index in [1.807, 2.05) is 32.2 Å². The number of hydrogen-bond donors (Lipinski definition) is 3. The zero-order valence-electron chi connectivity index (χ0n) is 8.87. The van der Waals surface area contributed by atoms with Gasteiger partial charge in [-0.2, -0.15) is 0 Å². The second-order valence-corrected chi connectivity index (χ2v) is 5.53. The second kappa shape index (κ2) is 3.53. The lowest BCUT2D eigenvalue weighted by Gasteiger charge is -2.40. The minimum absolute atomic E-state index is 0.0998. The number of nitrogens with two attached hydrogens (primary N) is 2. The Morgan fingerprint density at radius 2 is 2.00 bits per heavy atom. The molecule has 1 aromatic heterocycles. The summed E-state index contributed by atoms with van der Waals surface area (Å²) < 4.78 is 0. The van der Waals surface area contributed by atoms with Gasteiger partial charge in [0.25, 0.3) is 0 Å². The van der Waals surface area contributed by atoms with E-state index in [-0.39, 0.29) is 12.0 Å². The fraction of sp³-hybridized carbons (Fsp3) is 0.600. The molecule has 0 spiro atoms. The van der Waals surface area contributed by atoms with Crippen molar-refractivity contribution in [2.24, 2.45) is 11.1 Å². The first kappa shape index (κ1) is 11.5. The van der Waals surface area contributed by atoms with E-state index in [2.05, 4.69) is 0 Å². The van der Waals surface area contributed by atoms with Crippen molar-refractivity contribution in [3.05, 3.63) is 17.0 Å². The van der Waals surface area contributed by atoms with Crippen LogP contribution in [0.1, 0.15) is 26.3 Å². The molecule has 4 heteroatoms. The van der Waals surface area contributed by atoms with E-state index in [0.29, 0.717) is 5.00 Å². The molecule has 1 aromatic rings. The Morgan fingerprint density at radius 3 is 2.29 bits per heavy atom. The maximum Gasteiger partial charge on any atom is 0.0908 e. The largest absolute Gasteiger partial charge is 0.394 e. The van der Waals surface area contributed by atoms with Gasteiger partial charge in [0.2, 0.25) is 0 Å². The van der Waals surface area contributed by atoms with E-state index in [9.17, 15) is 5.11 Å². The van der Waals surface area contributed by atoms with E-state index in [1.165, 1.54) is 11.3 Å². The standard InChI is InChI=1S/C10H18N2OS/c1-9(2,3)10(12,6-13)7-4-5-14-8(7)11/h4-5,13H,6,11-12H2,1-3H3. The number of aliphatic hydroxyl groups is 1. The van der Waals surface area contributed by atoms with Crippen molar-refractivity contribution in [1.29, 1.82) is 0 Å². The highest BCUT2D eigenvalue weighted by atomic mass is 32.1. The van der Waals surface area contributed by atoms with Crippen molar-refractivity contribution >= 4 is 16.3 Å². The van der Waals surface area contributed by atoms with Gasteiger partial charge in [-0.05, 0) is 16.9 Å². The minimum atomic E-state index is -0.767. The topological polar surface area (TPSA) is 72.3 Å². The average molecular weight is 214 g/mol. The Labute approximate surface area is 88.7 Å². The number of rotatable bonds is 2. The van der Waals surface area contributed by atoms with Crippen LogP contribution in [0.15, 0.2) is 11.4 Å². The molecule has 0 aromatic carbocycles. The molecule has 0 aliphatic heterocycles. The van der Waals surface area contributed by atoms with Gasteiger partial charge >= 0.3 is 0 Å². The Morgan fingerprint density at radius 1 is 1.43 bits per heavy atom. The first-order valence-electron chi connectivity index (χ1n) is 4.56. The molecular formula is C10H18N2OS. The minimum Gasteiger partial charge on any atom is -0.394 e. The van der Waals surface area contributed by atoms with Crippen molar-refractivity contribution in [1.82, 2.24) is 0 Å². The smallest absolute Gasteiger partial charge is 0.0908 e.